The van der Waals surface area contributed by atoms with Crippen molar-refractivity contribution in [3.63, 3.8) is 0 Å². The zero-order chi connectivity index (χ0) is 13.3. The largest absolute Gasteiger partial charge is 0.462 e. The highest BCUT2D eigenvalue weighted by atomic mass is 32.2. The minimum Gasteiger partial charge on any atom is -0.462 e. The van der Waals surface area contributed by atoms with Crippen LogP contribution in [0, 0.1) is 11.8 Å². The second kappa shape index (κ2) is 4.72. The standard InChI is InChI=1S/C13H16O4S/c1-9-7-11(9)8-17-13(14)10-3-5-12(6-4-10)18(2,15)16/h3-6,9,11H,7-8H2,1-2H3/t9-,11+/m1/s1. The van der Waals surface area contributed by atoms with Crippen molar-refractivity contribution in [2.75, 3.05) is 12.9 Å². The second-order valence-corrected chi connectivity index (χ2v) is 6.88. The molecule has 1 aliphatic carbocycles. The van der Waals surface area contributed by atoms with Crippen LogP contribution in [0.25, 0.3) is 0 Å². The van der Waals surface area contributed by atoms with Crippen molar-refractivity contribution in [3.8, 4) is 0 Å². The second-order valence-electron chi connectivity index (χ2n) is 4.87. The molecular weight excluding hydrogens is 252 g/mol. The first kappa shape index (κ1) is 13.1. The number of sulfone groups is 1. The van der Waals surface area contributed by atoms with Crippen LogP contribution in [0.2, 0.25) is 0 Å². The molecule has 18 heavy (non-hydrogen) atoms. The van der Waals surface area contributed by atoms with Gasteiger partial charge in [0, 0.05) is 6.26 Å². The Bertz CT molecular complexity index is 545. The molecule has 0 heterocycles. The average Bonchev–Trinajstić information content (AvgIpc) is 3.01. The molecule has 1 saturated carbocycles. The molecule has 0 amide bonds. The Morgan fingerprint density at radius 2 is 1.89 bits per heavy atom. The maximum absolute atomic E-state index is 11.7. The molecule has 1 aromatic carbocycles. The molecule has 0 N–H and O–H groups in total. The number of hydrogen-bond donors (Lipinski definition) is 0. The summed E-state index contributed by atoms with van der Waals surface area (Å²) < 4.78 is 27.7. The summed E-state index contributed by atoms with van der Waals surface area (Å²) in [7, 11) is -3.22. The van der Waals surface area contributed by atoms with E-state index in [1.165, 1.54) is 24.3 Å². The third-order valence-electron chi connectivity index (χ3n) is 3.22. The van der Waals surface area contributed by atoms with Crippen LogP contribution < -0.4 is 0 Å². The van der Waals surface area contributed by atoms with E-state index < -0.39 is 15.8 Å². The lowest BCUT2D eigenvalue weighted by Crippen LogP contribution is -2.08. The van der Waals surface area contributed by atoms with Crippen LogP contribution in [0.1, 0.15) is 23.7 Å². The van der Waals surface area contributed by atoms with Gasteiger partial charge in [-0.2, -0.15) is 0 Å². The van der Waals surface area contributed by atoms with Crippen LogP contribution in [-0.4, -0.2) is 27.2 Å². The zero-order valence-corrected chi connectivity index (χ0v) is 11.2. The molecule has 2 atom stereocenters. The minimum atomic E-state index is -3.22. The van der Waals surface area contributed by atoms with Gasteiger partial charge in [0.15, 0.2) is 9.84 Å². The monoisotopic (exact) mass is 268 g/mol. The summed E-state index contributed by atoms with van der Waals surface area (Å²) in [5, 5.41) is 0. The molecule has 0 radical (unpaired) electrons. The molecule has 0 spiro atoms. The first-order valence-corrected chi connectivity index (χ1v) is 7.74. The molecule has 1 fully saturated rings. The van der Waals surface area contributed by atoms with Crippen molar-refractivity contribution < 1.29 is 17.9 Å². The maximum Gasteiger partial charge on any atom is 0.338 e. The number of esters is 1. The van der Waals surface area contributed by atoms with E-state index in [4.69, 9.17) is 4.74 Å². The van der Waals surface area contributed by atoms with Crippen molar-refractivity contribution >= 4 is 15.8 Å². The quantitative estimate of drug-likeness (QED) is 0.783. The van der Waals surface area contributed by atoms with E-state index >= 15 is 0 Å². The molecule has 5 heteroatoms. The Morgan fingerprint density at radius 1 is 1.33 bits per heavy atom. The van der Waals surface area contributed by atoms with Crippen molar-refractivity contribution in [2.45, 2.75) is 18.2 Å². The van der Waals surface area contributed by atoms with Crippen LogP contribution in [0.15, 0.2) is 29.2 Å². The van der Waals surface area contributed by atoms with E-state index in [1.54, 1.807) is 0 Å². The van der Waals surface area contributed by atoms with E-state index in [0.29, 0.717) is 24.0 Å². The molecule has 2 rings (SSSR count). The molecule has 0 aromatic heterocycles. The van der Waals surface area contributed by atoms with Gasteiger partial charge >= 0.3 is 5.97 Å². The van der Waals surface area contributed by atoms with E-state index in [-0.39, 0.29) is 4.90 Å². The number of benzene rings is 1. The number of carbonyl (C=O) groups excluding carboxylic acids is 1. The van der Waals surface area contributed by atoms with Gasteiger partial charge in [0.2, 0.25) is 0 Å². The van der Waals surface area contributed by atoms with Gasteiger partial charge in [0.05, 0.1) is 17.1 Å². The Morgan fingerprint density at radius 3 is 2.33 bits per heavy atom. The summed E-state index contributed by atoms with van der Waals surface area (Å²) >= 11 is 0. The molecule has 0 bridgehead atoms. The third-order valence-corrected chi connectivity index (χ3v) is 4.35. The van der Waals surface area contributed by atoms with E-state index in [0.717, 1.165) is 12.7 Å². The van der Waals surface area contributed by atoms with Gasteiger partial charge in [0.25, 0.3) is 0 Å². The van der Waals surface area contributed by atoms with Gasteiger partial charge in [-0.05, 0) is 42.5 Å². The summed E-state index contributed by atoms with van der Waals surface area (Å²) in [6, 6.07) is 5.81. The predicted molar refractivity (Wildman–Crippen MR) is 67.1 cm³/mol. The normalized spacial score (nSPS) is 22.6. The van der Waals surface area contributed by atoms with Gasteiger partial charge in [0.1, 0.15) is 0 Å². The minimum absolute atomic E-state index is 0.204. The molecule has 0 unspecified atom stereocenters. The van der Waals surface area contributed by atoms with Gasteiger partial charge in [-0.3, -0.25) is 0 Å². The molecule has 0 aliphatic heterocycles. The Labute approximate surface area is 107 Å². The summed E-state index contributed by atoms with van der Waals surface area (Å²) in [5.41, 5.74) is 0.385. The third kappa shape index (κ3) is 3.10. The fraction of sp³-hybridized carbons (Fsp3) is 0.462. The highest BCUT2D eigenvalue weighted by molar-refractivity contribution is 7.90. The van der Waals surface area contributed by atoms with Crippen molar-refractivity contribution in [2.24, 2.45) is 11.8 Å². The van der Waals surface area contributed by atoms with Gasteiger partial charge in [-0.1, -0.05) is 6.92 Å². The fourth-order valence-electron chi connectivity index (χ4n) is 1.74. The Kier molecular flexibility index (Phi) is 3.43. The maximum atomic E-state index is 11.7. The van der Waals surface area contributed by atoms with Crippen LogP contribution in [0.5, 0.6) is 0 Å². The van der Waals surface area contributed by atoms with E-state index in [9.17, 15) is 13.2 Å². The summed E-state index contributed by atoms with van der Waals surface area (Å²) in [5.74, 6) is 0.740. The topological polar surface area (TPSA) is 60.4 Å². The summed E-state index contributed by atoms with van der Waals surface area (Å²) in [6.45, 7) is 2.58. The van der Waals surface area contributed by atoms with Crippen LogP contribution in [0.3, 0.4) is 0 Å². The van der Waals surface area contributed by atoms with E-state index in [1.807, 2.05) is 0 Å². The van der Waals surface area contributed by atoms with Crippen LogP contribution >= 0.6 is 0 Å². The predicted octanol–water partition coefficient (Wildman–Crippen LogP) is 1.90. The van der Waals surface area contributed by atoms with Gasteiger partial charge in [-0.25, -0.2) is 13.2 Å². The number of ether oxygens (including phenoxy) is 1. The molecule has 0 saturated heterocycles. The lowest BCUT2D eigenvalue weighted by molar-refractivity contribution is 0.0481. The molecule has 4 nitrogen and oxygen atoms in total. The first-order valence-electron chi connectivity index (χ1n) is 5.85. The number of carbonyl (C=O) groups is 1. The zero-order valence-electron chi connectivity index (χ0n) is 10.4. The number of hydrogen-bond acceptors (Lipinski definition) is 4. The van der Waals surface area contributed by atoms with Gasteiger partial charge < -0.3 is 4.74 Å². The van der Waals surface area contributed by atoms with Crippen molar-refractivity contribution in [1.82, 2.24) is 0 Å². The summed E-state index contributed by atoms with van der Waals surface area (Å²) in [4.78, 5) is 11.9. The first-order chi connectivity index (χ1) is 8.38. The SMILES string of the molecule is C[C@@H]1C[C@H]1COC(=O)c1ccc(S(C)(=O)=O)cc1. The number of rotatable bonds is 4. The van der Waals surface area contributed by atoms with Gasteiger partial charge in [-0.15, -0.1) is 0 Å². The fourth-order valence-corrected chi connectivity index (χ4v) is 2.37. The van der Waals surface area contributed by atoms with Crippen LogP contribution in [0.4, 0.5) is 0 Å². The Hall–Kier alpha value is -1.36. The molecule has 1 aliphatic rings. The smallest absolute Gasteiger partial charge is 0.338 e. The average molecular weight is 268 g/mol. The van der Waals surface area contributed by atoms with Crippen LogP contribution in [-0.2, 0) is 14.6 Å². The van der Waals surface area contributed by atoms with Crippen molar-refractivity contribution in [3.05, 3.63) is 29.8 Å². The lowest BCUT2D eigenvalue weighted by atomic mass is 10.2. The van der Waals surface area contributed by atoms with Crippen molar-refractivity contribution in [1.29, 1.82) is 0 Å². The highest BCUT2D eigenvalue weighted by Gasteiger charge is 2.33. The summed E-state index contributed by atoms with van der Waals surface area (Å²) in [6.07, 6.45) is 2.25. The highest BCUT2D eigenvalue weighted by Crippen LogP contribution is 2.37. The van der Waals surface area contributed by atoms with E-state index in [2.05, 4.69) is 6.92 Å². The molecule has 1 aromatic rings. The molecule has 98 valence electrons. The Balaban J connectivity index is 1.98. The molecular formula is C13H16O4S. The lowest BCUT2D eigenvalue weighted by Gasteiger charge is -2.04.